The van der Waals surface area contributed by atoms with Crippen LogP contribution in [0.1, 0.15) is 11.1 Å². The quantitative estimate of drug-likeness (QED) is 0.251. The molecule has 6 heteroatoms. The number of amidine groups is 2. The summed E-state index contributed by atoms with van der Waals surface area (Å²) in [5, 5.41) is 2.27. The average Bonchev–Trinajstić information content (AvgIpc) is 3.46. The summed E-state index contributed by atoms with van der Waals surface area (Å²) in [5.74, 6) is 1.06. The van der Waals surface area contributed by atoms with Gasteiger partial charge in [-0.05, 0) is 35.4 Å². The van der Waals surface area contributed by atoms with Crippen LogP contribution in [0.5, 0.6) is 0 Å². The minimum Gasteiger partial charge on any atom is -0.384 e. The van der Waals surface area contributed by atoms with E-state index in [9.17, 15) is 0 Å². The normalized spacial score (nSPS) is 12.7. The van der Waals surface area contributed by atoms with E-state index in [1.54, 1.807) is 14.1 Å². The number of nitrogens with zero attached hydrogens (tertiary/aromatic N) is 2. The van der Waals surface area contributed by atoms with Gasteiger partial charge in [0.15, 0.2) is 0 Å². The van der Waals surface area contributed by atoms with E-state index in [0.717, 1.165) is 55.4 Å². The van der Waals surface area contributed by atoms with Gasteiger partial charge in [0.1, 0.15) is 11.7 Å². The van der Waals surface area contributed by atoms with E-state index >= 15 is 0 Å². The minimum atomic E-state index is 0.530. The van der Waals surface area contributed by atoms with E-state index < -0.39 is 0 Å². The van der Waals surface area contributed by atoms with Gasteiger partial charge in [0.25, 0.3) is 0 Å². The summed E-state index contributed by atoms with van der Waals surface area (Å²) in [6.07, 6.45) is 0. The maximum Gasteiger partial charge on any atom is 0.125 e. The third kappa shape index (κ3) is 3.41. The molecule has 0 radical (unpaired) electrons. The van der Waals surface area contributed by atoms with Gasteiger partial charge in [-0.15, -0.1) is 0 Å². The maximum absolute atomic E-state index is 5.95. The van der Waals surface area contributed by atoms with Crippen LogP contribution in [0, 0.1) is 0 Å². The van der Waals surface area contributed by atoms with Crippen LogP contribution < -0.4 is 11.5 Å². The lowest BCUT2D eigenvalue weighted by atomic mass is 10.1. The Hall–Kier alpha value is -4.32. The van der Waals surface area contributed by atoms with Crippen molar-refractivity contribution in [2.45, 2.75) is 0 Å². The summed E-state index contributed by atoms with van der Waals surface area (Å²) in [5.41, 5.74) is 20.2. The molecule has 0 aliphatic heterocycles. The largest absolute Gasteiger partial charge is 0.384 e. The average molecular weight is 421 g/mol. The van der Waals surface area contributed by atoms with E-state index in [4.69, 9.17) is 11.5 Å². The Kier molecular flexibility index (Phi) is 4.75. The SMILES string of the molecule is CN=C(N)c1ccc2cc(-c3ccc(-c4cc5ccc(C(N)=NC)cc5[nH]4)cc3)[nH]c2c1. The summed E-state index contributed by atoms with van der Waals surface area (Å²) in [7, 11) is 3.39. The standard InChI is InChI=1S/C26H24N6/c1-29-25(27)19-9-7-17-11-21(31-23(17)13-19)15-3-5-16(6-4-15)22-12-18-8-10-20(26(28)30-2)14-24(18)32-22/h3-14,31-32H,1-2H3,(H2,27,29)(H2,28,30). The molecule has 2 heterocycles. The van der Waals surface area contributed by atoms with Crippen LogP contribution in [0.2, 0.25) is 0 Å². The van der Waals surface area contributed by atoms with Crippen molar-refractivity contribution in [2.24, 2.45) is 21.5 Å². The second kappa shape index (κ2) is 7.74. The molecule has 0 bridgehead atoms. The van der Waals surface area contributed by atoms with Crippen molar-refractivity contribution < 1.29 is 0 Å². The lowest BCUT2D eigenvalue weighted by molar-refractivity contribution is 1.39. The highest BCUT2D eigenvalue weighted by atomic mass is 14.8. The highest BCUT2D eigenvalue weighted by Gasteiger charge is 2.09. The zero-order valence-corrected chi connectivity index (χ0v) is 18.0. The Bertz CT molecular complexity index is 1380. The van der Waals surface area contributed by atoms with E-state index in [2.05, 4.69) is 68.5 Å². The van der Waals surface area contributed by atoms with Crippen LogP contribution >= 0.6 is 0 Å². The number of nitrogens with two attached hydrogens (primary N) is 2. The van der Waals surface area contributed by atoms with Crippen molar-refractivity contribution in [2.75, 3.05) is 14.1 Å². The molecule has 158 valence electrons. The van der Waals surface area contributed by atoms with Crippen molar-refractivity contribution in [3.05, 3.63) is 83.9 Å². The van der Waals surface area contributed by atoms with E-state index in [1.807, 2.05) is 24.3 Å². The summed E-state index contributed by atoms with van der Waals surface area (Å²) in [6.45, 7) is 0. The topological polar surface area (TPSA) is 108 Å². The van der Waals surface area contributed by atoms with Gasteiger partial charge in [-0.2, -0.15) is 0 Å². The Balaban J connectivity index is 1.46. The Labute approximate surface area is 185 Å². The summed E-state index contributed by atoms with van der Waals surface area (Å²) in [6, 6.07) is 25.0. The first-order chi connectivity index (χ1) is 15.6. The van der Waals surface area contributed by atoms with Crippen LogP contribution in [0.15, 0.2) is 82.8 Å². The number of hydrogen-bond donors (Lipinski definition) is 4. The molecule has 0 amide bonds. The molecule has 0 fully saturated rings. The molecule has 0 spiro atoms. The summed E-state index contributed by atoms with van der Waals surface area (Å²) in [4.78, 5) is 15.1. The smallest absolute Gasteiger partial charge is 0.125 e. The van der Waals surface area contributed by atoms with Crippen molar-refractivity contribution in [3.63, 3.8) is 0 Å². The Morgan fingerprint density at radius 1 is 0.594 bits per heavy atom. The molecule has 0 saturated carbocycles. The number of fused-ring (bicyclic) bond motifs is 2. The molecule has 0 unspecified atom stereocenters. The monoisotopic (exact) mass is 420 g/mol. The number of aromatic amines is 2. The van der Waals surface area contributed by atoms with E-state index in [-0.39, 0.29) is 0 Å². The van der Waals surface area contributed by atoms with Crippen molar-refractivity contribution in [1.82, 2.24) is 9.97 Å². The minimum absolute atomic E-state index is 0.530. The van der Waals surface area contributed by atoms with Crippen LogP contribution in [0.3, 0.4) is 0 Å². The van der Waals surface area contributed by atoms with Gasteiger partial charge in [-0.3, -0.25) is 9.98 Å². The zero-order valence-electron chi connectivity index (χ0n) is 18.0. The number of H-pyrrole nitrogens is 2. The number of hydrogen-bond acceptors (Lipinski definition) is 2. The predicted molar refractivity (Wildman–Crippen MR) is 134 cm³/mol. The summed E-state index contributed by atoms with van der Waals surface area (Å²) >= 11 is 0. The molecule has 0 aliphatic carbocycles. The second-order valence-corrected chi connectivity index (χ2v) is 7.77. The molecule has 0 saturated heterocycles. The number of nitrogens with one attached hydrogen (secondary N) is 2. The molecule has 3 aromatic carbocycles. The number of benzene rings is 3. The van der Waals surface area contributed by atoms with Gasteiger partial charge in [-0.25, -0.2) is 0 Å². The van der Waals surface area contributed by atoms with Crippen LogP contribution in [-0.4, -0.2) is 35.7 Å². The molecule has 5 rings (SSSR count). The first-order valence-corrected chi connectivity index (χ1v) is 10.4. The van der Waals surface area contributed by atoms with Crippen molar-refractivity contribution in [1.29, 1.82) is 0 Å². The zero-order chi connectivity index (χ0) is 22.2. The van der Waals surface area contributed by atoms with Crippen molar-refractivity contribution in [3.8, 4) is 22.5 Å². The van der Waals surface area contributed by atoms with Gasteiger partial charge in [0.2, 0.25) is 0 Å². The highest BCUT2D eigenvalue weighted by Crippen LogP contribution is 2.29. The van der Waals surface area contributed by atoms with E-state index in [1.165, 1.54) is 0 Å². The van der Waals surface area contributed by atoms with Crippen LogP contribution in [0.25, 0.3) is 44.3 Å². The molecule has 32 heavy (non-hydrogen) atoms. The number of aliphatic imine (C=N–C) groups is 2. The lowest BCUT2D eigenvalue weighted by Crippen LogP contribution is -2.12. The lowest BCUT2D eigenvalue weighted by Gasteiger charge is -2.02. The summed E-state index contributed by atoms with van der Waals surface area (Å²) < 4.78 is 0. The highest BCUT2D eigenvalue weighted by molar-refractivity contribution is 6.02. The molecule has 2 aromatic heterocycles. The molecule has 6 N–H and O–H groups in total. The fraction of sp³-hybridized carbons (Fsp3) is 0.0769. The third-order valence-corrected chi connectivity index (χ3v) is 5.83. The van der Waals surface area contributed by atoms with Gasteiger partial charge in [-0.1, -0.05) is 48.5 Å². The third-order valence-electron chi connectivity index (χ3n) is 5.83. The molecular formula is C26H24N6. The Morgan fingerprint density at radius 2 is 1.00 bits per heavy atom. The number of rotatable bonds is 4. The maximum atomic E-state index is 5.95. The van der Waals surface area contributed by atoms with Gasteiger partial charge >= 0.3 is 0 Å². The first kappa shape index (κ1) is 19.6. The fourth-order valence-corrected chi connectivity index (χ4v) is 3.97. The van der Waals surface area contributed by atoms with Crippen molar-refractivity contribution >= 4 is 33.5 Å². The van der Waals surface area contributed by atoms with E-state index in [0.29, 0.717) is 11.7 Å². The van der Waals surface area contributed by atoms with Gasteiger partial charge in [0.05, 0.1) is 0 Å². The predicted octanol–water partition coefficient (Wildman–Crippen LogP) is 4.65. The van der Waals surface area contributed by atoms with Gasteiger partial charge < -0.3 is 21.4 Å². The Morgan fingerprint density at radius 3 is 1.38 bits per heavy atom. The molecule has 0 aliphatic rings. The number of aromatic nitrogens is 2. The van der Waals surface area contributed by atoms with Gasteiger partial charge in [0, 0.05) is 58.4 Å². The molecular weight excluding hydrogens is 396 g/mol. The molecule has 5 aromatic rings. The molecule has 0 atom stereocenters. The first-order valence-electron chi connectivity index (χ1n) is 10.4. The fourth-order valence-electron chi connectivity index (χ4n) is 3.97. The molecule has 6 nitrogen and oxygen atoms in total. The van der Waals surface area contributed by atoms with Crippen LogP contribution in [-0.2, 0) is 0 Å². The second-order valence-electron chi connectivity index (χ2n) is 7.77. The van der Waals surface area contributed by atoms with Crippen LogP contribution in [0.4, 0.5) is 0 Å².